The van der Waals surface area contributed by atoms with Crippen LogP contribution in [0.3, 0.4) is 0 Å². The molecule has 0 aliphatic heterocycles. The highest BCUT2D eigenvalue weighted by atomic mass is 16.4. The molecule has 2 aromatic rings. The highest BCUT2D eigenvalue weighted by molar-refractivity contribution is 5.54. The summed E-state index contributed by atoms with van der Waals surface area (Å²) in [4.78, 5) is 4.19. The lowest BCUT2D eigenvalue weighted by Crippen LogP contribution is -2.10. The van der Waals surface area contributed by atoms with Crippen LogP contribution in [-0.4, -0.2) is 28.8 Å². The largest absolute Gasteiger partial charge is 0.421 e. The van der Waals surface area contributed by atoms with Crippen molar-refractivity contribution in [3.05, 3.63) is 29.9 Å². The van der Waals surface area contributed by atoms with Gasteiger partial charge in [-0.2, -0.15) is 0 Å². The van der Waals surface area contributed by atoms with Crippen LogP contribution in [0.15, 0.2) is 22.7 Å². The molecular formula is C11H14N4O. The van der Waals surface area contributed by atoms with Crippen molar-refractivity contribution in [2.45, 2.75) is 13.3 Å². The Bertz CT molecular complexity index is 467. The van der Waals surface area contributed by atoms with Gasteiger partial charge >= 0.3 is 0 Å². The monoisotopic (exact) mass is 218 g/mol. The van der Waals surface area contributed by atoms with Gasteiger partial charge in [0, 0.05) is 24.9 Å². The standard InChI is InChI=1S/C11H14N4O/c1-8-9(4-3-6-13-8)11-15-14-10(16-11)5-7-12-2/h3-4,6,12H,5,7H2,1-2H3. The number of hydrogen-bond donors (Lipinski definition) is 1. The van der Waals surface area contributed by atoms with Gasteiger partial charge in [-0.05, 0) is 26.1 Å². The first kappa shape index (κ1) is 10.8. The summed E-state index contributed by atoms with van der Waals surface area (Å²) in [5.41, 5.74) is 1.79. The van der Waals surface area contributed by atoms with Gasteiger partial charge in [0.25, 0.3) is 0 Å². The molecule has 0 radical (unpaired) electrons. The van der Waals surface area contributed by atoms with Crippen LogP contribution in [0, 0.1) is 6.92 Å². The van der Waals surface area contributed by atoms with E-state index < -0.39 is 0 Å². The molecule has 1 N–H and O–H groups in total. The molecule has 0 unspecified atom stereocenters. The maximum atomic E-state index is 5.55. The predicted molar refractivity (Wildman–Crippen MR) is 59.9 cm³/mol. The summed E-state index contributed by atoms with van der Waals surface area (Å²) in [6, 6.07) is 3.79. The van der Waals surface area contributed by atoms with E-state index in [-0.39, 0.29) is 0 Å². The number of hydrogen-bond acceptors (Lipinski definition) is 5. The fraction of sp³-hybridized carbons (Fsp3) is 0.364. The van der Waals surface area contributed by atoms with E-state index >= 15 is 0 Å². The zero-order valence-corrected chi connectivity index (χ0v) is 9.40. The van der Waals surface area contributed by atoms with Gasteiger partial charge in [-0.25, -0.2) is 0 Å². The molecule has 2 heterocycles. The summed E-state index contributed by atoms with van der Waals surface area (Å²) in [7, 11) is 1.89. The molecule has 0 aliphatic rings. The quantitative estimate of drug-likeness (QED) is 0.835. The van der Waals surface area contributed by atoms with Crippen LogP contribution in [0.25, 0.3) is 11.5 Å². The molecule has 5 nitrogen and oxygen atoms in total. The van der Waals surface area contributed by atoms with Gasteiger partial charge in [-0.3, -0.25) is 4.98 Å². The number of rotatable bonds is 4. The molecule has 0 saturated heterocycles. The predicted octanol–water partition coefficient (Wildman–Crippen LogP) is 1.20. The fourth-order valence-electron chi connectivity index (χ4n) is 1.41. The van der Waals surface area contributed by atoms with Crippen LogP contribution in [0.5, 0.6) is 0 Å². The molecule has 5 heteroatoms. The summed E-state index contributed by atoms with van der Waals surface area (Å²) >= 11 is 0. The van der Waals surface area contributed by atoms with Gasteiger partial charge in [-0.1, -0.05) is 0 Å². The average Bonchev–Trinajstić information content (AvgIpc) is 2.75. The Morgan fingerprint density at radius 1 is 1.38 bits per heavy atom. The second-order valence-corrected chi connectivity index (χ2v) is 3.49. The summed E-state index contributed by atoms with van der Waals surface area (Å²) < 4.78 is 5.55. The number of pyridine rings is 1. The molecule has 0 fully saturated rings. The van der Waals surface area contributed by atoms with Crippen LogP contribution in [0.1, 0.15) is 11.6 Å². The van der Waals surface area contributed by atoms with Gasteiger partial charge in [0.1, 0.15) is 0 Å². The first-order valence-corrected chi connectivity index (χ1v) is 5.20. The number of aromatic nitrogens is 3. The Morgan fingerprint density at radius 2 is 2.25 bits per heavy atom. The number of aryl methyl sites for hydroxylation is 1. The van der Waals surface area contributed by atoms with E-state index in [9.17, 15) is 0 Å². The Hall–Kier alpha value is -1.75. The maximum absolute atomic E-state index is 5.55. The summed E-state index contributed by atoms with van der Waals surface area (Å²) in [6.07, 6.45) is 2.49. The first-order chi connectivity index (χ1) is 7.81. The first-order valence-electron chi connectivity index (χ1n) is 5.20. The van der Waals surface area contributed by atoms with Crippen LogP contribution in [-0.2, 0) is 6.42 Å². The molecular weight excluding hydrogens is 204 g/mol. The molecule has 0 bridgehead atoms. The Balaban J connectivity index is 2.22. The Labute approximate surface area is 93.9 Å². The van der Waals surface area contributed by atoms with E-state index in [0.717, 1.165) is 24.2 Å². The lowest BCUT2D eigenvalue weighted by atomic mass is 10.2. The lowest BCUT2D eigenvalue weighted by Gasteiger charge is -1.97. The number of likely N-dealkylation sites (N-methyl/N-ethyl adjacent to an activating group) is 1. The van der Waals surface area contributed by atoms with Crippen LogP contribution < -0.4 is 5.32 Å². The van der Waals surface area contributed by atoms with Crippen molar-refractivity contribution < 1.29 is 4.42 Å². The van der Waals surface area contributed by atoms with Crippen molar-refractivity contribution in [3.63, 3.8) is 0 Å². The average molecular weight is 218 g/mol. The van der Waals surface area contributed by atoms with Gasteiger partial charge < -0.3 is 9.73 Å². The second kappa shape index (κ2) is 4.85. The van der Waals surface area contributed by atoms with Crippen molar-refractivity contribution in [1.82, 2.24) is 20.5 Å². The highest BCUT2D eigenvalue weighted by Gasteiger charge is 2.10. The van der Waals surface area contributed by atoms with Crippen LogP contribution >= 0.6 is 0 Å². The van der Waals surface area contributed by atoms with Crippen LogP contribution in [0.2, 0.25) is 0 Å². The second-order valence-electron chi connectivity index (χ2n) is 3.49. The molecule has 2 aromatic heterocycles. The lowest BCUT2D eigenvalue weighted by molar-refractivity contribution is 0.499. The van der Waals surface area contributed by atoms with E-state index in [4.69, 9.17) is 4.42 Å². The molecule has 0 spiro atoms. The maximum Gasteiger partial charge on any atom is 0.249 e. The molecule has 0 aliphatic carbocycles. The van der Waals surface area contributed by atoms with E-state index in [2.05, 4.69) is 20.5 Å². The van der Waals surface area contributed by atoms with Crippen molar-refractivity contribution in [3.8, 4) is 11.5 Å². The van der Waals surface area contributed by atoms with Gasteiger partial charge in [0.15, 0.2) is 0 Å². The third-order valence-electron chi connectivity index (χ3n) is 2.29. The zero-order valence-electron chi connectivity index (χ0n) is 9.40. The van der Waals surface area contributed by atoms with E-state index in [1.807, 2.05) is 26.1 Å². The molecule has 84 valence electrons. The topological polar surface area (TPSA) is 63.8 Å². The van der Waals surface area contributed by atoms with E-state index in [1.54, 1.807) is 6.20 Å². The van der Waals surface area contributed by atoms with Crippen molar-refractivity contribution in [2.24, 2.45) is 0 Å². The molecule has 0 atom stereocenters. The highest BCUT2D eigenvalue weighted by Crippen LogP contribution is 2.19. The minimum atomic E-state index is 0.539. The number of nitrogens with zero attached hydrogens (tertiary/aromatic N) is 3. The third kappa shape index (κ3) is 2.25. The van der Waals surface area contributed by atoms with Crippen molar-refractivity contribution in [1.29, 1.82) is 0 Å². The molecule has 2 rings (SSSR count). The van der Waals surface area contributed by atoms with Crippen LogP contribution in [0.4, 0.5) is 0 Å². The fourth-order valence-corrected chi connectivity index (χ4v) is 1.41. The smallest absolute Gasteiger partial charge is 0.249 e. The minimum Gasteiger partial charge on any atom is -0.421 e. The normalized spacial score (nSPS) is 10.6. The Kier molecular flexibility index (Phi) is 3.26. The molecule has 0 saturated carbocycles. The minimum absolute atomic E-state index is 0.539. The summed E-state index contributed by atoms with van der Waals surface area (Å²) in [6.45, 7) is 2.75. The third-order valence-corrected chi connectivity index (χ3v) is 2.29. The van der Waals surface area contributed by atoms with Gasteiger partial charge in [0.05, 0.1) is 5.56 Å². The number of nitrogens with one attached hydrogen (secondary N) is 1. The SMILES string of the molecule is CNCCc1nnc(-c2cccnc2C)o1. The van der Waals surface area contributed by atoms with Gasteiger partial charge in [-0.15, -0.1) is 10.2 Å². The molecule has 0 amide bonds. The van der Waals surface area contributed by atoms with E-state index in [1.165, 1.54) is 0 Å². The van der Waals surface area contributed by atoms with Crippen molar-refractivity contribution in [2.75, 3.05) is 13.6 Å². The van der Waals surface area contributed by atoms with E-state index in [0.29, 0.717) is 11.8 Å². The molecule has 0 aromatic carbocycles. The van der Waals surface area contributed by atoms with Gasteiger partial charge in [0.2, 0.25) is 11.8 Å². The molecule has 16 heavy (non-hydrogen) atoms. The summed E-state index contributed by atoms with van der Waals surface area (Å²) in [5, 5.41) is 11.0. The summed E-state index contributed by atoms with van der Waals surface area (Å²) in [5.74, 6) is 1.18. The Morgan fingerprint density at radius 3 is 3.00 bits per heavy atom. The zero-order chi connectivity index (χ0) is 11.4. The van der Waals surface area contributed by atoms with Crippen molar-refractivity contribution >= 4 is 0 Å².